The number of anilines is 2. The second-order valence-electron chi connectivity index (χ2n) is 11.7. The van der Waals surface area contributed by atoms with Gasteiger partial charge in [0.2, 0.25) is 11.8 Å². The van der Waals surface area contributed by atoms with E-state index in [9.17, 15) is 14.0 Å². The average Bonchev–Trinajstić information content (AvgIpc) is 3.08. The first-order chi connectivity index (χ1) is 22.4. The van der Waals surface area contributed by atoms with Gasteiger partial charge in [0.25, 0.3) is 0 Å². The summed E-state index contributed by atoms with van der Waals surface area (Å²) in [7, 11) is 3.15. The topological polar surface area (TPSA) is 97.3 Å². The Hall–Kier alpha value is -4.42. The van der Waals surface area contributed by atoms with Crippen molar-refractivity contribution in [2.45, 2.75) is 30.4 Å². The number of aromatic nitrogens is 2. The van der Waals surface area contributed by atoms with Crippen LogP contribution in [0.2, 0.25) is 0 Å². The van der Waals surface area contributed by atoms with Crippen molar-refractivity contribution in [3.8, 4) is 11.6 Å². The highest BCUT2D eigenvalue weighted by molar-refractivity contribution is 8.00. The maximum atomic E-state index is 14.9. The van der Waals surface area contributed by atoms with Crippen LogP contribution in [0.1, 0.15) is 17.5 Å². The minimum Gasteiger partial charge on any atom is -0.497 e. The van der Waals surface area contributed by atoms with E-state index in [0.717, 1.165) is 34.9 Å². The molecule has 0 radical (unpaired) electrons. The highest BCUT2D eigenvalue weighted by atomic mass is 32.2. The molecule has 0 N–H and O–H groups in total. The summed E-state index contributed by atoms with van der Waals surface area (Å²) >= 11 is 1.51. The number of hydrogen-bond donors (Lipinski definition) is 0. The first-order valence-corrected chi connectivity index (χ1v) is 16.3. The Labute approximate surface area is 270 Å². The summed E-state index contributed by atoms with van der Waals surface area (Å²) in [5, 5.41) is 0. The number of thioether (sulfide) groups is 1. The summed E-state index contributed by atoms with van der Waals surface area (Å²) < 4.78 is 31.4. The molecule has 4 aromatic rings. The molecular formula is C34H34FN5O5S. The maximum Gasteiger partial charge on any atom is 0.414 e. The number of amides is 2. The van der Waals surface area contributed by atoms with Crippen molar-refractivity contribution in [1.29, 1.82) is 0 Å². The molecule has 2 amide bonds. The lowest BCUT2D eigenvalue weighted by Gasteiger charge is -2.44. The van der Waals surface area contributed by atoms with E-state index in [1.54, 1.807) is 29.0 Å². The first-order valence-electron chi connectivity index (χ1n) is 15.3. The SMILES string of the molecule is COc1ccc(CN2C(=O)CSc3ccc(N4CC5CCN(CCc6c(F)cnc7ccc(OC)nc67)CC5OC4=O)cc32)cc1. The third-order valence-corrected chi connectivity index (χ3v) is 10.0. The van der Waals surface area contributed by atoms with Gasteiger partial charge in [0.1, 0.15) is 17.7 Å². The molecule has 3 aliphatic heterocycles. The number of benzene rings is 2. The van der Waals surface area contributed by atoms with Crippen LogP contribution in [0.25, 0.3) is 11.0 Å². The van der Waals surface area contributed by atoms with Gasteiger partial charge in [-0.25, -0.2) is 14.2 Å². The minimum atomic E-state index is -0.401. The Balaban J connectivity index is 1.03. The summed E-state index contributed by atoms with van der Waals surface area (Å²) in [4.78, 5) is 41.7. The van der Waals surface area contributed by atoms with Gasteiger partial charge in [-0.3, -0.25) is 19.6 Å². The van der Waals surface area contributed by atoms with Crippen LogP contribution in [-0.2, 0) is 22.5 Å². The van der Waals surface area contributed by atoms with Gasteiger partial charge in [-0.05, 0) is 61.3 Å². The van der Waals surface area contributed by atoms with Crippen LogP contribution in [-0.4, -0.2) is 79.1 Å². The molecule has 2 fully saturated rings. The highest BCUT2D eigenvalue weighted by Crippen LogP contribution is 2.40. The molecule has 12 heteroatoms. The summed E-state index contributed by atoms with van der Waals surface area (Å²) in [6.07, 6.45) is 1.87. The van der Waals surface area contributed by atoms with Gasteiger partial charge >= 0.3 is 6.09 Å². The summed E-state index contributed by atoms with van der Waals surface area (Å²) in [5.74, 6) is 1.32. The molecule has 238 valence electrons. The molecule has 0 saturated carbocycles. The molecule has 2 saturated heterocycles. The van der Waals surface area contributed by atoms with Gasteiger partial charge < -0.3 is 19.1 Å². The monoisotopic (exact) mass is 643 g/mol. The molecule has 5 heterocycles. The normalized spacial score (nSPS) is 19.9. The Bertz CT molecular complexity index is 1790. The van der Waals surface area contributed by atoms with E-state index in [-0.39, 0.29) is 17.9 Å². The van der Waals surface area contributed by atoms with E-state index in [1.807, 2.05) is 42.5 Å². The number of fused-ring (bicyclic) bond motifs is 3. The van der Waals surface area contributed by atoms with E-state index in [2.05, 4.69) is 14.9 Å². The third kappa shape index (κ3) is 5.94. The van der Waals surface area contributed by atoms with Crippen molar-refractivity contribution >= 4 is 46.2 Å². The minimum absolute atomic E-state index is 0.0219. The second-order valence-corrected chi connectivity index (χ2v) is 12.7. The van der Waals surface area contributed by atoms with Crippen LogP contribution < -0.4 is 19.3 Å². The Morgan fingerprint density at radius 1 is 1.04 bits per heavy atom. The first kappa shape index (κ1) is 30.2. The van der Waals surface area contributed by atoms with Crippen LogP contribution in [0.4, 0.5) is 20.6 Å². The number of rotatable bonds is 8. The summed E-state index contributed by atoms with van der Waals surface area (Å²) in [5.41, 5.74) is 4.11. The standard InChI is InChI=1S/C34H34FN5O5S/c1-43-24-6-3-21(4-7-24)17-40-28-15-23(5-9-30(28)46-20-32(40)41)39-18-22-11-13-38(19-29(22)45-34(39)42)14-12-25-26(35)16-36-27-8-10-31(44-2)37-33(25)27/h3-10,15-16,22,29H,11-14,17-20H2,1-2H3. The molecule has 46 heavy (non-hydrogen) atoms. The Kier molecular flexibility index (Phi) is 8.39. The van der Waals surface area contributed by atoms with Gasteiger partial charge in [-0.2, -0.15) is 0 Å². The van der Waals surface area contributed by atoms with Gasteiger partial charge in [-0.1, -0.05) is 12.1 Å². The maximum absolute atomic E-state index is 14.9. The number of likely N-dealkylation sites (tertiary alicyclic amines) is 1. The van der Waals surface area contributed by atoms with Gasteiger partial charge in [0, 0.05) is 47.8 Å². The molecule has 2 unspecified atom stereocenters. The molecule has 0 bridgehead atoms. The molecule has 0 aliphatic carbocycles. The van der Waals surface area contributed by atoms with Crippen molar-refractivity contribution in [3.05, 3.63) is 77.7 Å². The largest absolute Gasteiger partial charge is 0.497 e. The van der Waals surface area contributed by atoms with Crippen molar-refractivity contribution in [1.82, 2.24) is 14.9 Å². The number of ether oxygens (including phenoxy) is 3. The molecule has 2 aromatic carbocycles. The van der Waals surface area contributed by atoms with Gasteiger partial charge in [0.05, 0.1) is 49.4 Å². The van der Waals surface area contributed by atoms with Crippen LogP contribution in [0, 0.1) is 11.7 Å². The van der Waals surface area contributed by atoms with Crippen LogP contribution >= 0.6 is 11.8 Å². The smallest absolute Gasteiger partial charge is 0.414 e. The predicted octanol–water partition coefficient (Wildman–Crippen LogP) is 5.31. The lowest BCUT2D eigenvalue weighted by Crippen LogP contribution is -2.56. The number of halogens is 1. The van der Waals surface area contributed by atoms with Gasteiger partial charge in [-0.15, -0.1) is 11.8 Å². The Morgan fingerprint density at radius 3 is 2.70 bits per heavy atom. The number of pyridine rings is 2. The van der Waals surface area contributed by atoms with Gasteiger partial charge in [0.15, 0.2) is 0 Å². The zero-order valence-electron chi connectivity index (χ0n) is 25.6. The van der Waals surface area contributed by atoms with E-state index >= 15 is 0 Å². The van der Waals surface area contributed by atoms with Crippen molar-refractivity contribution < 1.29 is 28.2 Å². The van der Waals surface area contributed by atoms with Crippen LogP contribution in [0.3, 0.4) is 0 Å². The number of nitrogens with zero attached hydrogens (tertiary/aromatic N) is 5. The van der Waals surface area contributed by atoms with Crippen LogP contribution in [0.15, 0.2) is 65.7 Å². The zero-order valence-corrected chi connectivity index (χ0v) is 26.5. The molecule has 3 aliphatic rings. The molecule has 10 nitrogen and oxygen atoms in total. The van der Waals surface area contributed by atoms with Crippen molar-refractivity contribution in [2.24, 2.45) is 5.92 Å². The fraction of sp³-hybridized carbons (Fsp3) is 0.353. The number of carbonyl (C=O) groups excluding carboxylic acids is 2. The highest BCUT2D eigenvalue weighted by Gasteiger charge is 2.40. The van der Waals surface area contributed by atoms with E-state index in [1.165, 1.54) is 25.1 Å². The number of methoxy groups -OCH3 is 2. The van der Waals surface area contributed by atoms with Crippen molar-refractivity contribution in [2.75, 3.05) is 56.0 Å². The van der Waals surface area contributed by atoms with E-state index in [4.69, 9.17) is 14.2 Å². The number of piperidine rings is 1. The molecule has 7 rings (SSSR count). The summed E-state index contributed by atoms with van der Waals surface area (Å²) in [6.45, 7) is 2.94. The molecular weight excluding hydrogens is 609 g/mol. The second kappa shape index (κ2) is 12.8. The fourth-order valence-corrected chi connectivity index (χ4v) is 7.35. The van der Waals surface area contributed by atoms with E-state index in [0.29, 0.717) is 66.5 Å². The van der Waals surface area contributed by atoms with E-state index < -0.39 is 11.9 Å². The average molecular weight is 644 g/mol. The zero-order chi connectivity index (χ0) is 31.8. The predicted molar refractivity (Wildman–Crippen MR) is 173 cm³/mol. The summed E-state index contributed by atoms with van der Waals surface area (Å²) in [6, 6.07) is 17.0. The third-order valence-electron chi connectivity index (χ3n) is 8.99. The van der Waals surface area contributed by atoms with Crippen molar-refractivity contribution in [3.63, 3.8) is 0 Å². The lowest BCUT2D eigenvalue weighted by atomic mass is 9.91. The Morgan fingerprint density at radius 2 is 1.89 bits per heavy atom. The lowest BCUT2D eigenvalue weighted by molar-refractivity contribution is -0.116. The number of hydrogen-bond acceptors (Lipinski definition) is 9. The fourth-order valence-electron chi connectivity index (χ4n) is 6.43. The molecule has 2 aromatic heterocycles. The van der Waals surface area contributed by atoms with Crippen LogP contribution in [0.5, 0.6) is 11.6 Å². The molecule has 2 atom stereocenters. The molecule has 0 spiro atoms. The quantitative estimate of drug-likeness (QED) is 0.253. The number of carbonyl (C=O) groups is 2.